The third kappa shape index (κ3) is 4.58. The molecule has 9 heteroatoms. The molecule has 1 aliphatic heterocycles. The average molecular weight is 455 g/mol. The lowest BCUT2D eigenvalue weighted by Crippen LogP contribution is -2.31. The van der Waals surface area contributed by atoms with Crippen molar-refractivity contribution < 1.29 is 9.18 Å². The van der Waals surface area contributed by atoms with Crippen molar-refractivity contribution in [2.24, 2.45) is 0 Å². The summed E-state index contributed by atoms with van der Waals surface area (Å²) in [5, 5.41) is 3.94. The van der Waals surface area contributed by atoms with Crippen LogP contribution in [-0.2, 0) is 0 Å². The van der Waals surface area contributed by atoms with Crippen molar-refractivity contribution in [3.8, 4) is 0 Å². The van der Waals surface area contributed by atoms with Gasteiger partial charge in [-0.15, -0.1) is 11.3 Å². The molecule has 0 spiro atoms. The van der Waals surface area contributed by atoms with Crippen LogP contribution in [0.2, 0.25) is 0 Å². The second-order valence-corrected chi connectivity index (χ2v) is 9.18. The molecule has 32 heavy (non-hydrogen) atoms. The van der Waals surface area contributed by atoms with E-state index in [2.05, 4.69) is 51.3 Å². The number of rotatable bonds is 4. The second kappa shape index (κ2) is 9.22. The predicted octanol–water partition coefficient (Wildman–Crippen LogP) is 4.07. The van der Waals surface area contributed by atoms with E-state index in [1.165, 1.54) is 23.8 Å². The lowest BCUT2D eigenvalue weighted by atomic mass is 10.2. The van der Waals surface area contributed by atoms with E-state index >= 15 is 0 Å². The van der Waals surface area contributed by atoms with E-state index in [0.717, 1.165) is 51.7 Å². The van der Waals surface area contributed by atoms with Crippen LogP contribution in [-0.4, -0.2) is 65.8 Å². The molecule has 1 N–H and O–H groups in total. The van der Waals surface area contributed by atoms with Gasteiger partial charge in [-0.25, -0.2) is 14.4 Å². The van der Waals surface area contributed by atoms with Gasteiger partial charge in [0.2, 0.25) is 0 Å². The number of hydrogen-bond donors (Lipinski definition) is 1. The summed E-state index contributed by atoms with van der Waals surface area (Å²) in [6.07, 6.45) is 5.67. The molecule has 4 aromatic rings. The Morgan fingerprint density at radius 2 is 2.06 bits per heavy atom. The van der Waals surface area contributed by atoms with Crippen LogP contribution in [0.3, 0.4) is 0 Å². The number of carbonyl (C=O) groups is 1. The molecule has 0 saturated carbocycles. The van der Waals surface area contributed by atoms with Gasteiger partial charge in [-0.3, -0.25) is 4.79 Å². The minimum atomic E-state index is -0.306. The summed E-state index contributed by atoms with van der Waals surface area (Å²) in [6.45, 7) is 3.91. The first-order valence-corrected chi connectivity index (χ1v) is 11.3. The van der Waals surface area contributed by atoms with Gasteiger partial charge in [-0.2, -0.15) is 0 Å². The van der Waals surface area contributed by atoms with Gasteiger partial charge in [-0.05, 0) is 45.6 Å². The van der Waals surface area contributed by atoms with E-state index in [0.29, 0.717) is 11.7 Å². The molecule has 1 aliphatic rings. The minimum absolute atomic E-state index is 0.306. The number of nitrogens with zero attached hydrogens (tertiary/aromatic N) is 5. The van der Waals surface area contributed by atoms with Gasteiger partial charge in [0, 0.05) is 50.0 Å². The number of fused-ring (bicyclic) bond motifs is 2. The SMILES string of the molecule is CN(C)C1CCN(c2ccc3cc(C=O)sc3n2)C1.CNc1cc(F)c2nc(C)cn2c1. The molecule has 1 fully saturated rings. The Morgan fingerprint density at radius 1 is 1.25 bits per heavy atom. The van der Waals surface area contributed by atoms with Gasteiger partial charge >= 0.3 is 0 Å². The van der Waals surface area contributed by atoms with E-state index in [-0.39, 0.29) is 5.82 Å². The van der Waals surface area contributed by atoms with Crippen LogP contribution < -0.4 is 10.2 Å². The highest BCUT2D eigenvalue weighted by Gasteiger charge is 2.25. The molecule has 0 radical (unpaired) electrons. The summed E-state index contributed by atoms with van der Waals surface area (Å²) in [5.41, 5.74) is 1.92. The highest BCUT2D eigenvalue weighted by molar-refractivity contribution is 7.20. The third-order valence-corrected chi connectivity index (χ3v) is 6.61. The average Bonchev–Trinajstić information content (AvgIpc) is 3.50. The van der Waals surface area contributed by atoms with Crippen LogP contribution in [0.1, 0.15) is 21.8 Å². The van der Waals surface area contributed by atoms with Crippen LogP contribution >= 0.6 is 11.3 Å². The molecule has 1 saturated heterocycles. The standard InChI is InChI=1S/C14H17N3OS.C9H10FN3/c1-16(2)11-5-6-17(8-11)13-4-3-10-7-12(9-18)19-14(10)15-13;1-6-4-13-5-7(11-2)3-8(10)9(13)12-6/h3-4,7,9,11H,5-6,8H2,1-2H3;3-5,11H,1-2H3. The molecule has 4 aromatic heterocycles. The maximum absolute atomic E-state index is 13.3. The number of aromatic nitrogens is 3. The fourth-order valence-electron chi connectivity index (χ4n) is 3.85. The quantitative estimate of drug-likeness (QED) is 0.469. The van der Waals surface area contributed by atoms with Crippen molar-refractivity contribution in [1.29, 1.82) is 0 Å². The van der Waals surface area contributed by atoms with Gasteiger partial charge < -0.3 is 19.5 Å². The second-order valence-electron chi connectivity index (χ2n) is 8.12. The number of likely N-dealkylation sites (N-methyl/N-ethyl adjacent to an activating group) is 1. The molecule has 5 heterocycles. The minimum Gasteiger partial charge on any atom is -0.387 e. The van der Waals surface area contributed by atoms with E-state index in [1.54, 1.807) is 23.8 Å². The van der Waals surface area contributed by atoms with Crippen molar-refractivity contribution in [3.05, 3.63) is 53.0 Å². The van der Waals surface area contributed by atoms with Gasteiger partial charge in [0.25, 0.3) is 0 Å². The molecule has 5 rings (SSSR count). The number of aryl methyl sites for hydroxylation is 1. The highest BCUT2D eigenvalue weighted by atomic mass is 32.1. The van der Waals surface area contributed by atoms with E-state index in [4.69, 9.17) is 0 Å². The molecular formula is C23H27FN6OS. The van der Waals surface area contributed by atoms with Crippen molar-refractivity contribution >= 4 is 45.0 Å². The fraction of sp³-hybridized carbons (Fsp3) is 0.348. The topological polar surface area (TPSA) is 65.8 Å². The van der Waals surface area contributed by atoms with Gasteiger partial charge in [0.1, 0.15) is 10.6 Å². The van der Waals surface area contributed by atoms with Crippen molar-refractivity contribution in [2.75, 3.05) is 44.4 Å². The van der Waals surface area contributed by atoms with Gasteiger partial charge in [0.15, 0.2) is 17.8 Å². The Bertz CT molecular complexity index is 1250. The van der Waals surface area contributed by atoms with Crippen molar-refractivity contribution in [3.63, 3.8) is 0 Å². The van der Waals surface area contributed by atoms with Crippen molar-refractivity contribution in [1.82, 2.24) is 19.3 Å². The molecule has 168 valence electrons. The number of halogens is 1. The number of pyridine rings is 2. The lowest BCUT2D eigenvalue weighted by Gasteiger charge is -2.21. The van der Waals surface area contributed by atoms with E-state index in [1.807, 2.05) is 13.0 Å². The van der Waals surface area contributed by atoms with Crippen LogP contribution in [0, 0.1) is 12.7 Å². The molecule has 1 atom stereocenters. The first-order chi connectivity index (χ1) is 15.4. The molecule has 0 aromatic carbocycles. The largest absolute Gasteiger partial charge is 0.387 e. The van der Waals surface area contributed by atoms with Crippen LogP contribution in [0.15, 0.2) is 36.7 Å². The number of nitrogens with one attached hydrogen (secondary N) is 1. The maximum Gasteiger partial charge on any atom is 0.173 e. The number of aldehydes is 1. The zero-order valence-corrected chi connectivity index (χ0v) is 19.5. The van der Waals surface area contributed by atoms with Crippen LogP contribution in [0.4, 0.5) is 15.9 Å². The summed E-state index contributed by atoms with van der Waals surface area (Å²) in [6, 6.07) is 8.05. The Kier molecular flexibility index (Phi) is 6.38. The van der Waals surface area contributed by atoms with Crippen LogP contribution in [0.5, 0.6) is 0 Å². The molecular weight excluding hydrogens is 427 g/mol. The fourth-order valence-corrected chi connectivity index (χ4v) is 4.69. The predicted molar refractivity (Wildman–Crippen MR) is 129 cm³/mol. The van der Waals surface area contributed by atoms with Crippen molar-refractivity contribution in [2.45, 2.75) is 19.4 Å². The smallest absolute Gasteiger partial charge is 0.173 e. The summed E-state index contributed by atoms with van der Waals surface area (Å²) in [7, 11) is 6.01. The Balaban J connectivity index is 0.000000165. The Labute approximate surface area is 190 Å². The van der Waals surface area contributed by atoms with Crippen LogP contribution in [0.25, 0.3) is 15.9 Å². The lowest BCUT2D eigenvalue weighted by molar-refractivity contribution is 0.112. The zero-order valence-electron chi connectivity index (χ0n) is 18.7. The number of anilines is 2. The normalized spacial score (nSPS) is 15.9. The Morgan fingerprint density at radius 3 is 2.75 bits per heavy atom. The molecule has 0 bridgehead atoms. The zero-order chi connectivity index (χ0) is 22.8. The number of hydrogen-bond acceptors (Lipinski definition) is 7. The van der Waals surface area contributed by atoms with E-state index in [9.17, 15) is 9.18 Å². The van der Waals surface area contributed by atoms with Gasteiger partial charge in [-0.1, -0.05) is 0 Å². The third-order valence-electron chi connectivity index (χ3n) is 5.64. The number of thiophene rings is 1. The molecule has 7 nitrogen and oxygen atoms in total. The summed E-state index contributed by atoms with van der Waals surface area (Å²) in [5.74, 6) is 0.719. The summed E-state index contributed by atoms with van der Waals surface area (Å²) in [4.78, 5) is 25.8. The first kappa shape index (κ1) is 22.2. The highest BCUT2D eigenvalue weighted by Crippen LogP contribution is 2.27. The Hall–Kier alpha value is -3.04. The summed E-state index contributed by atoms with van der Waals surface area (Å²) < 4.78 is 15.0. The maximum atomic E-state index is 13.3. The van der Waals surface area contributed by atoms with E-state index < -0.39 is 0 Å². The molecule has 1 unspecified atom stereocenters. The first-order valence-electron chi connectivity index (χ1n) is 10.5. The monoisotopic (exact) mass is 454 g/mol. The molecule has 0 aliphatic carbocycles. The van der Waals surface area contributed by atoms with Gasteiger partial charge in [0.05, 0.1) is 16.3 Å². The number of carbonyl (C=O) groups excluding carboxylic acids is 1. The summed E-state index contributed by atoms with van der Waals surface area (Å²) >= 11 is 1.46. The number of imidazole rings is 1. The molecule has 0 amide bonds.